The van der Waals surface area contributed by atoms with Crippen molar-refractivity contribution in [2.75, 3.05) is 18.0 Å². The van der Waals surface area contributed by atoms with Gasteiger partial charge < -0.3 is 4.98 Å². The third kappa shape index (κ3) is 4.27. The van der Waals surface area contributed by atoms with Gasteiger partial charge in [0.05, 0.1) is 13.1 Å². The topological polar surface area (TPSA) is 78.0 Å². The van der Waals surface area contributed by atoms with Crippen LogP contribution in [0, 0.1) is 12.7 Å². The van der Waals surface area contributed by atoms with Crippen LogP contribution in [0.5, 0.6) is 0 Å². The van der Waals surface area contributed by atoms with E-state index in [9.17, 15) is 9.18 Å². The maximum absolute atomic E-state index is 13.3. The summed E-state index contributed by atoms with van der Waals surface area (Å²) in [7, 11) is 0. The van der Waals surface area contributed by atoms with Crippen molar-refractivity contribution in [3.63, 3.8) is 0 Å². The summed E-state index contributed by atoms with van der Waals surface area (Å²) in [5.41, 5.74) is 2.89. The lowest BCUT2D eigenvalue weighted by molar-refractivity contribution is -0.119. The first-order valence-corrected chi connectivity index (χ1v) is 11.2. The molecule has 2 aromatic heterocycles. The Hall–Kier alpha value is -3.13. The zero-order valence-corrected chi connectivity index (χ0v) is 18.2. The molecular weight excluding hydrogens is 407 g/mol. The number of carbonyl (C=O) groups excluding carboxylic acids is 1. The Morgan fingerprint density at radius 2 is 1.88 bits per heavy atom. The number of carbonyl (C=O) groups is 1. The fourth-order valence-corrected chi connectivity index (χ4v) is 4.67. The third-order valence-electron chi connectivity index (χ3n) is 6.49. The van der Waals surface area contributed by atoms with Crippen LogP contribution in [0.2, 0.25) is 0 Å². The van der Waals surface area contributed by atoms with Crippen molar-refractivity contribution < 1.29 is 9.18 Å². The molecule has 0 bridgehead atoms. The summed E-state index contributed by atoms with van der Waals surface area (Å²) in [6, 6.07) is 6.30. The number of aryl methyl sites for hydroxylation is 1. The first-order chi connectivity index (χ1) is 15.6. The van der Waals surface area contributed by atoms with Gasteiger partial charge in [0.1, 0.15) is 23.3 Å². The highest BCUT2D eigenvalue weighted by Gasteiger charge is 2.30. The van der Waals surface area contributed by atoms with Gasteiger partial charge in [0, 0.05) is 36.0 Å². The van der Waals surface area contributed by atoms with Crippen LogP contribution < -0.4 is 4.90 Å². The van der Waals surface area contributed by atoms with E-state index in [0.29, 0.717) is 19.4 Å². The third-order valence-corrected chi connectivity index (χ3v) is 6.49. The SMILES string of the molecule is Cc1nc(C2CCN(Cc3ncc[nH]3)CC2)nc2c1CCC(=O)N2Cc1ccc(F)cc1. The van der Waals surface area contributed by atoms with E-state index in [-0.39, 0.29) is 17.6 Å². The molecule has 0 unspecified atom stereocenters. The van der Waals surface area contributed by atoms with Crippen LogP contribution in [0.3, 0.4) is 0 Å². The highest BCUT2D eigenvalue weighted by atomic mass is 19.1. The van der Waals surface area contributed by atoms with Gasteiger partial charge in [0.15, 0.2) is 0 Å². The summed E-state index contributed by atoms with van der Waals surface area (Å²) in [5.74, 6) is 2.59. The van der Waals surface area contributed by atoms with Gasteiger partial charge in [0.25, 0.3) is 0 Å². The Kier molecular flexibility index (Phi) is 5.70. The summed E-state index contributed by atoms with van der Waals surface area (Å²) in [5, 5.41) is 0. The van der Waals surface area contributed by atoms with Gasteiger partial charge in [0.2, 0.25) is 5.91 Å². The maximum Gasteiger partial charge on any atom is 0.228 e. The molecule has 1 N–H and O–H groups in total. The van der Waals surface area contributed by atoms with Crippen LogP contribution in [-0.4, -0.2) is 43.8 Å². The maximum atomic E-state index is 13.3. The minimum atomic E-state index is -0.280. The first-order valence-electron chi connectivity index (χ1n) is 11.2. The Morgan fingerprint density at radius 1 is 1.09 bits per heavy atom. The predicted octanol–water partition coefficient (Wildman–Crippen LogP) is 3.51. The average molecular weight is 435 g/mol. The van der Waals surface area contributed by atoms with Crippen LogP contribution in [-0.2, 0) is 24.3 Å². The molecule has 0 aliphatic carbocycles. The lowest BCUT2D eigenvalue weighted by Crippen LogP contribution is -2.37. The van der Waals surface area contributed by atoms with Crippen molar-refractivity contribution in [2.45, 2.75) is 51.6 Å². The number of halogens is 1. The number of fused-ring (bicyclic) bond motifs is 1. The number of nitrogens with zero attached hydrogens (tertiary/aromatic N) is 5. The molecule has 1 fully saturated rings. The minimum Gasteiger partial charge on any atom is -0.348 e. The van der Waals surface area contributed by atoms with Crippen LogP contribution >= 0.6 is 0 Å². The van der Waals surface area contributed by atoms with Crippen LogP contribution in [0.1, 0.15) is 53.7 Å². The summed E-state index contributed by atoms with van der Waals surface area (Å²) < 4.78 is 13.3. The average Bonchev–Trinajstić information content (AvgIpc) is 3.30. The van der Waals surface area contributed by atoms with E-state index >= 15 is 0 Å². The highest BCUT2D eigenvalue weighted by molar-refractivity contribution is 5.95. The number of aromatic amines is 1. The number of benzene rings is 1. The van der Waals surface area contributed by atoms with Crippen molar-refractivity contribution in [1.29, 1.82) is 0 Å². The Morgan fingerprint density at radius 3 is 2.59 bits per heavy atom. The molecular formula is C24H27FN6O. The lowest BCUT2D eigenvalue weighted by Gasteiger charge is -2.33. The van der Waals surface area contributed by atoms with Gasteiger partial charge in [-0.25, -0.2) is 19.3 Å². The second-order valence-electron chi connectivity index (χ2n) is 8.66. The number of imidazole rings is 1. The zero-order valence-electron chi connectivity index (χ0n) is 18.2. The zero-order chi connectivity index (χ0) is 22.1. The van der Waals surface area contributed by atoms with E-state index in [0.717, 1.165) is 66.8 Å². The molecule has 3 aromatic rings. The molecule has 8 heteroatoms. The summed E-state index contributed by atoms with van der Waals surface area (Å²) >= 11 is 0. The van der Waals surface area contributed by atoms with Crippen LogP contribution in [0.15, 0.2) is 36.7 Å². The number of rotatable bonds is 5. The van der Waals surface area contributed by atoms with Crippen LogP contribution in [0.4, 0.5) is 10.2 Å². The Bertz CT molecular complexity index is 1090. The molecule has 0 atom stereocenters. The molecule has 7 nitrogen and oxygen atoms in total. The molecule has 5 rings (SSSR count). The second-order valence-corrected chi connectivity index (χ2v) is 8.66. The number of likely N-dealkylation sites (tertiary alicyclic amines) is 1. The molecule has 0 spiro atoms. The van der Waals surface area contributed by atoms with E-state index in [1.54, 1.807) is 23.2 Å². The Balaban J connectivity index is 1.35. The van der Waals surface area contributed by atoms with Gasteiger partial charge in [-0.15, -0.1) is 0 Å². The van der Waals surface area contributed by atoms with Crippen molar-refractivity contribution in [1.82, 2.24) is 24.8 Å². The van der Waals surface area contributed by atoms with E-state index in [2.05, 4.69) is 14.9 Å². The molecule has 1 amide bonds. The Labute approximate surface area is 186 Å². The smallest absolute Gasteiger partial charge is 0.228 e. The molecule has 1 aromatic carbocycles. The van der Waals surface area contributed by atoms with Gasteiger partial charge in [-0.3, -0.25) is 14.6 Å². The first kappa shape index (κ1) is 20.8. The number of piperidine rings is 1. The molecule has 2 aliphatic rings. The molecule has 0 saturated carbocycles. The van der Waals surface area contributed by atoms with Crippen molar-refractivity contribution >= 4 is 11.7 Å². The van der Waals surface area contributed by atoms with Gasteiger partial charge in [-0.2, -0.15) is 0 Å². The highest BCUT2D eigenvalue weighted by Crippen LogP contribution is 2.33. The number of H-pyrrole nitrogens is 1. The molecule has 32 heavy (non-hydrogen) atoms. The number of nitrogens with one attached hydrogen (secondary N) is 1. The van der Waals surface area contributed by atoms with E-state index in [1.165, 1.54) is 12.1 Å². The molecule has 0 radical (unpaired) electrons. The number of hydrogen-bond acceptors (Lipinski definition) is 5. The molecule has 1 saturated heterocycles. The van der Waals surface area contributed by atoms with Gasteiger partial charge in [-0.05, 0) is 57.0 Å². The lowest BCUT2D eigenvalue weighted by atomic mass is 9.94. The van der Waals surface area contributed by atoms with Gasteiger partial charge in [-0.1, -0.05) is 12.1 Å². The summed E-state index contributed by atoms with van der Waals surface area (Å²) in [6.07, 6.45) is 6.70. The second kappa shape index (κ2) is 8.78. The molecule has 166 valence electrons. The quantitative estimate of drug-likeness (QED) is 0.665. The van der Waals surface area contributed by atoms with E-state index < -0.39 is 0 Å². The van der Waals surface area contributed by atoms with Crippen molar-refractivity contribution in [2.24, 2.45) is 0 Å². The standard InChI is InChI=1S/C24H27FN6O/c1-16-20-6-7-22(32)31(14-17-2-4-19(25)5-3-17)24(20)29-23(28-16)18-8-12-30(13-9-18)15-21-26-10-11-27-21/h2-5,10-11,18H,6-9,12-15H2,1H3,(H,26,27). The molecule has 2 aliphatic heterocycles. The fourth-order valence-electron chi connectivity index (χ4n) is 4.67. The van der Waals surface area contributed by atoms with E-state index in [1.807, 2.05) is 13.1 Å². The largest absolute Gasteiger partial charge is 0.348 e. The predicted molar refractivity (Wildman–Crippen MR) is 119 cm³/mol. The van der Waals surface area contributed by atoms with Gasteiger partial charge >= 0.3 is 0 Å². The normalized spacial score (nSPS) is 17.6. The number of aromatic nitrogens is 4. The monoisotopic (exact) mass is 434 g/mol. The minimum absolute atomic E-state index is 0.0548. The summed E-state index contributed by atoms with van der Waals surface area (Å²) in [4.78, 5) is 34.2. The molecule has 4 heterocycles. The van der Waals surface area contributed by atoms with Crippen molar-refractivity contribution in [3.8, 4) is 0 Å². The van der Waals surface area contributed by atoms with Crippen LogP contribution in [0.25, 0.3) is 0 Å². The summed E-state index contributed by atoms with van der Waals surface area (Å²) in [6.45, 7) is 5.15. The fraction of sp³-hybridized carbons (Fsp3) is 0.417. The van der Waals surface area contributed by atoms with E-state index in [4.69, 9.17) is 9.97 Å². The van der Waals surface area contributed by atoms with Crippen molar-refractivity contribution in [3.05, 3.63) is 70.9 Å². The number of amides is 1. The number of anilines is 1. The number of hydrogen-bond donors (Lipinski definition) is 1.